The Bertz CT molecular complexity index is 1040. The van der Waals surface area contributed by atoms with Gasteiger partial charge in [-0.1, -0.05) is 39.4 Å². The lowest BCUT2D eigenvalue weighted by molar-refractivity contribution is -0.384. The number of nitro groups is 1. The number of thiazole rings is 1. The van der Waals surface area contributed by atoms with Crippen LogP contribution in [0.15, 0.2) is 53.1 Å². The molecule has 0 amide bonds. The van der Waals surface area contributed by atoms with Crippen LogP contribution in [-0.4, -0.2) is 14.3 Å². The summed E-state index contributed by atoms with van der Waals surface area (Å²) < 4.78 is 3.83. The minimum Gasteiger partial charge on any atom is -0.290 e. The fraction of sp³-hybridized carbons (Fsp3) is 0. The summed E-state index contributed by atoms with van der Waals surface area (Å²) >= 11 is 4.91. The van der Waals surface area contributed by atoms with Crippen molar-refractivity contribution in [3.63, 3.8) is 0 Å². The Morgan fingerprint density at radius 3 is 2.86 bits per heavy atom. The van der Waals surface area contributed by atoms with Gasteiger partial charge in [0.1, 0.15) is 0 Å². The van der Waals surface area contributed by atoms with Crippen LogP contribution in [0.1, 0.15) is 0 Å². The van der Waals surface area contributed by atoms with E-state index in [2.05, 4.69) is 20.9 Å². The highest BCUT2D eigenvalue weighted by Gasteiger charge is 2.13. The number of non-ortho nitro benzene ring substituents is 1. The predicted molar refractivity (Wildman–Crippen MR) is 90.4 cm³/mol. The number of halogens is 1. The van der Waals surface area contributed by atoms with Gasteiger partial charge in [0.15, 0.2) is 4.96 Å². The molecule has 2 aromatic heterocycles. The molecule has 0 radical (unpaired) electrons. The van der Waals surface area contributed by atoms with E-state index in [9.17, 15) is 10.1 Å². The van der Waals surface area contributed by atoms with E-state index in [4.69, 9.17) is 0 Å². The molecule has 0 fully saturated rings. The van der Waals surface area contributed by atoms with Gasteiger partial charge in [-0.25, -0.2) is 4.98 Å². The molecule has 0 spiro atoms. The molecule has 0 saturated heterocycles. The number of rotatable bonds is 2. The first-order valence-electron chi connectivity index (χ1n) is 6.44. The molecule has 0 atom stereocenters. The molecule has 2 heterocycles. The standard InChI is InChI=1S/C15H8BrN3O2S/c16-10-3-1-2-9(6-10)12-8-18-13-5-4-11(19(20)21)7-14(13)22-15(18)17-12/h1-8H. The van der Waals surface area contributed by atoms with E-state index in [-0.39, 0.29) is 10.6 Å². The molecule has 0 bridgehead atoms. The second-order valence-corrected chi connectivity index (χ2v) is 6.73. The number of benzene rings is 2. The second-order valence-electron chi connectivity index (χ2n) is 4.80. The number of imidazole rings is 1. The van der Waals surface area contributed by atoms with Crippen molar-refractivity contribution in [1.82, 2.24) is 9.38 Å². The normalized spacial score (nSPS) is 11.3. The Hall–Kier alpha value is -2.25. The topological polar surface area (TPSA) is 60.4 Å². The van der Waals surface area contributed by atoms with Gasteiger partial charge in [-0.3, -0.25) is 14.5 Å². The molecule has 2 aromatic carbocycles. The summed E-state index contributed by atoms with van der Waals surface area (Å²) in [6.45, 7) is 0. The molecule has 4 aromatic rings. The summed E-state index contributed by atoms with van der Waals surface area (Å²) in [6.07, 6.45) is 1.96. The number of aromatic nitrogens is 2. The summed E-state index contributed by atoms with van der Waals surface area (Å²) in [4.78, 5) is 15.9. The number of fused-ring (bicyclic) bond motifs is 3. The van der Waals surface area contributed by atoms with Gasteiger partial charge in [0.2, 0.25) is 0 Å². The largest absolute Gasteiger partial charge is 0.290 e. The van der Waals surface area contributed by atoms with Crippen LogP contribution in [0.3, 0.4) is 0 Å². The van der Waals surface area contributed by atoms with Gasteiger partial charge < -0.3 is 0 Å². The van der Waals surface area contributed by atoms with E-state index < -0.39 is 0 Å². The molecule has 0 saturated carbocycles. The lowest BCUT2D eigenvalue weighted by Gasteiger charge is -1.96. The molecule has 0 N–H and O–H groups in total. The molecule has 0 aliphatic rings. The first kappa shape index (κ1) is 13.4. The van der Waals surface area contributed by atoms with Crippen LogP contribution in [0.5, 0.6) is 0 Å². The highest BCUT2D eigenvalue weighted by atomic mass is 79.9. The Kier molecular flexibility index (Phi) is 2.98. The summed E-state index contributed by atoms with van der Waals surface area (Å²) in [5.74, 6) is 0. The van der Waals surface area contributed by atoms with E-state index in [0.717, 1.165) is 30.9 Å². The van der Waals surface area contributed by atoms with Gasteiger partial charge in [0, 0.05) is 28.4 Å². The third kappa shape index (κ3) is 2.10. The zero-order valence-corrected chi connectivity index (χ0v) is 13.5. The zero-order chi connectivity index (χ0) is 15.3. The van der Waals surface area contributed by atoms with Crippen LogP contribution >= 0.6 is 27.3 Å². The molecule has 22 heavy (non-hydrogen) atoms. The summed E-state index contributed by atoms with van der Waals surface area (Å²) in [6, 6.07) is 12.8. The average molecular weight is 374 g/mol. The Balaban J connectivity index is 1.90. The minimum absolute atomic E-state index is 0.101. The Labute approximate surface area is 137 Å². The monoisotopic (exact) mass is 373 g/mol. The number of nitro benzene ring substituents is 1. The maximum absolute atomic E-state index is 10.9. The summed E-state index contributed by atoms with van der Waals surface area (Å²) in [7, 11) is 0. The Morgan fingerprint density at radius 1 is 1.23 bits per heavy atom. The van der Waals surface area contributed by atoms with E-state index in [0.29, 0.717) is 0 Å². The summed E-state index contributed by atoms with van der Waals surface area (Å²) in [5, 5.41) is 10.9. The maximum atomic E-state index is 10.9. The van der Waals surface area contributed by atoms with Crippen LogP contribution in [0.2, 0.25) is 0 Å². The van der Waals surface area contributed by atoms with E-state index in [1.807, 2.05) is 34.9 Å². The molecule has 0 unspecified atom stereocenters. The predicted octanol–water partition coefficient (Wildman–Crippen LogP) is 4.89. The first-order valence-corrected chi connectivity index (χ1v) is 8.05. The summed E-state index contributed by atoms with van der Waals surface area (Å²) in [5.41, 5.74) is 2.94. The van der Waals surface area contributed by atoms with Crippen LogP contribution < -0.4 is 0 Å². The van der Waals surface area contributed by atoms with Gasteiger partial charge in [-0.05, 0) is 18.2 Å². The van der Waals surface area contributed by atoms with Crippen molar-refractivity contribution in [2.24, 2.45) is 0 Å². The molecular weight excluding hydrogens is 366 g/mol. The lowest BCUT2D eigenvalue weighted by atomic mass is 10.2. The molecule has 5 nitrogen and oxygen atoms in total. The molecule has 0 aliphatic heterocycles. The third-order valence-corrected chi connectivity index (χ3v) is 4.92. The fourth-order valence-corrected chi connectivity index (χ4v) is 3.83. The number of nitrogens with zero attached hydrogens (tertiary/aromatic N) is 3. The van der Waals surface area contributed by atoms with Crippen molar-refractivity contribution in [2.45, 2.75) is 0 Å². The van der Waals surface area contributed by atoms with Gasteiger partial charge in [-0.15, -0.1) is 0 Å². The van der Waals surface area contributed by atoms with Crippen molar-refractivity contribution in [2.75, 3.05) is 0 Å². The quantitative estimate of drug-likeness (QED) is 0.371. The van der Waals surface area contributed by atoms with Gasteiger partial charge in [-0.2, -0.15) is 0 Å². The van der Waals surface area contributed by atoms with Crippen LogP contribution in [-0.2, 0) is 0 Å². The van der Waals surface area contributed by atoms with Crippen molar-refractivity contribution in [3.05, 3.63) is 63.2 Å². The number of hydrogen-bond acceptors (Lipinski definition) is 4. The van der Waals surface area contributed by atoms with Crippen molar-refractivity contribution < 1.29 is 4.92 Å². The smallest absolute Gasteiger partial charge is 0.270 e. The molecular formula is C15H8BrN3O2S. The van der Waals surface area contributed by atoms with E-state index in [1.165, 1.54) is 17.4 Å². The van der Waals surface area contributed by atoms with Crippen LogP contribution in [0, 0.1) is 10.1 Å². The number of hydrogen-bond donors (Lipinski definition) is 0. The first-order chi connectivity index (χ1) is 10.6. The fourth-order valence-electron chi connectivity index (χ4n) is 2.39. The molecule has 108 valence electrons. The zero-order valence-electron chi connectivity index (χ0n) is 11.1. The molecule has 0 aliphatic carbocycles. The SMILES string of the molecule is O=[N+]([O-])c1ccc2c(c1)sc1nc(-c3cccc(Br)c3)cn12. The van der Waals surface area contributed by atoms with Gasteiger partial charge in [0.05, 0.1) is 20.8 Å². The lowest BCUT2D eigenvalue weighted by Crippen LogP contribution is -1.86. The van der Waals surface area contributed by atoms with Crippen molar-refractivity contribution >= 4 is 48.1 Å². The Morgan fingerprint density at radius 2 is 2.09 bits per heavy atom. The minimum atomic E-state index is -0.380. The highest BCUT2D eigenvalue weighted by Crippen LogP contribution is 2.32. The molecule has 7 heteroatoms. The van der Waals surface area contributed by atoms with Gasteiger partial charge in [0.25, 0.3) is 5.69 Å². The van der Waals surface area contributed by atoms with Crippen molar-refractivity contribution in [3.8, 4) is 11.3 Å². The van der Waals surface area contributed by atoms with Crippen molar-refractivity contribution in [1.29, 1.82) is 0 Å². The van der Waals surface area contributed by atoms with E-state index >= 15 is 0 Å². The second kappa shape index (κ2) is 4.89. The molecule has 4 rings (SSSR count). The third-order valence-electron chi connectivity index (χ3n) is 3.41. The van der Waals surface area contributed by atoms with Crippen LogP contribution in [0.25, 0.3) is 26.4 Å². The maximum Gasteiger partial charge on any atom is 0.270 e. The van der Waals surface area contributed by atoms with E-state index in [1.54, 1.807) is 12.1 Å². The highest BCUT2D eigenvalue weighted by molar-refractivity contribution is 9.10. The van der Waals surface area contributed by atoms with Gasteiger partial charge >= 0.3 is 0 Å². The average Bonchev–Trinajstić information content (AvgIpc) is 3.03. The van der Waals surface area contributed by atoms with Crippen LogP contribution in [0.4, 0.5) is 5.69 Å².